The molecular weight excluding hydrogens is 340 g/mol. The van der Waals surface area contributed by atoms with Gasteiger partial charge in [0.1, 0.15) is 17.0 Å². The third kappa shape index (κ3) is 4.07. The summed E-state index contributed by atoms with van der Waals surface area (Å²) in [5.41, 5.74) is -2.07. The zero-order valence-corrected chi connectivity index (χ0v) is 16.1. The van der Waals surface area contributed by atoms with E-state index in [1.807, 2.05) is 0 Å². The van der Waals surface area contributed by atoms with Crippen molar-refractivity contribution in [1.82, 2.24) is 9.13 Å². The Morgan fingerprint density at radius 3 is 1.73 bits per heavy atom. The smallest absolute Gasteiger partial charge is 0.423 e. The molecule has 142 valence electrons. The molecule has 8 heteroatoms. The van der Waals surface area contributed by atoms with Crippen molar-refractivity contribution in [3.63, 3.8) is 0 Å². The van der Waals surface area contributed by atoms with Gasteiger partial charge in [-0.05, 0) is 53.7 Å². The fourth-order valence-corrected chi connectivity index (χ4v) is 2.27. The maximum atomic E-state index is 12.8. The van der Waals surface area contributed by atoms with E-state index in [9.17, 15) is 14.4 Å². The van der Waals surface area contributed by atoms with Gasteiger partial charge in [0.2, 0.25) is 0 Å². The van der Waals surface area contributed by atoms with E-state index in [1.165, 1.54) is 19.2 Å². The van der Waals surface area contributed by atoms with E-state index in [-0.39, 0.29) is 11.0 Å². The molecule has 0 aliphatic heterocycles. The van der Waals surface area contributed by atoms with Gasteiger partial charge in [-0.1, -0.05) is 0 Å². The maximum absolute atomic E-state index is 12.8. The molecule has 2 rings (SSSR count). The van der Waals surface area contributed by atoms with Crippen LogP contribution in [-0.2, 0) is 9.47 Å². The molecule has 1 heterocycles. The SMILES string of the molecule is COc1ccc2c(c1)n(C(=O)OC(C)(C)C)c(=O)n2C(=O)OC(C)(C)C. The second kappa shape index (κ2) is 6.51. The molecule has 0 atom stereocenters. The van der Waals surface area contributed by atoms with Crippen molar-refractivity contribution >= 4 is 23.2 Å². The van der Waals surface area contributed by atoms with Gasteiger partial charge in [0.05, 0.1) is 18.1 Å². The normalized spacial score (nSPS) is 12.1. The summed E-state index contributed by atoms with van der Waals surface area (Å²) in [5.74, 6) is 0.427. The van der Waals surface area contributed by atoms with E-state index in [2.05, 4.69) is 0 Å². The molecule has 2 aromatic rings. The average molecular weight is 364 g/mol. The number of ether oxygens (including phenoxy) is 3. The van der Waals surface area contributed by atoms with Crippen molar-refractivity contribution in [1.29, 1.82) is 0 Å². The minimum absolute atomic E-state index is 0.189. The van der Waals surface area contributed by atoms with Crippen molar-refractivity contribution in [3.8, 4) is 5.75 Å². The number of fused-ring (bicyclic) bond motifs is 1. The lowest BCUT2D eigenvalue weighted by Gasteiger charge is -2.19. The largest absolute Gasteiger partial charge is 0.497 e. The molecule has 8 nitrogen and oxygen atoms in total. The first-order chi connectivity index (χ1) is 11.8. The summed E-state index contributed by atoms with van der Waals surface area (Å²) in [6.45, 7) is 10.1. The molecule has 0 unspecified atom stereocenters. The van der Waals surface area contributed by atoms with E-state index in [0.717, 1.165) is 9.13 Å². The van der Waals surface area contributed by atoms with Crippen molar-refractivity contribution in [3.05, 3.63) is 28.7 Å². The molecule has 26 heavy (non-hydrogen) atoms. The second-order valence-corrected chi connectivity index (χ2v) is 7.77. The number of nitrogens with zero attached hydrogens (tertiary/aromatic N) is 2. The minimum Gasteiger partial charge on any atom is -0.497 e. The van der Waals surface area contributed by atoms with Gasteiger partial charge in [0, 0.05) is 6.07 Å². The molecular formula is C18H24N2O6. The predicted molar refractivity (Wildman–Crippen MR) is 96.0 cm³/mol. The highest BCUT2D eigenvalue weighted by atomic mass is 16.6. The Balaban J connectivity index is 2.71. The Morgan fingerprint density at radius 2 is 1.31 bits per heavy atom. The van der Waals surface area contributed by atoms with Crippen molar-refractivity contribution in [2.75, 3.05) is 7.11 Å². The van der Waals surface area contributed by atoms with Crippen LogP contribution in [0.2, 0.25) is 0 Å². The van der Waals surface area contributed by atoms with E-state index in [1.54, 1.807) is 47.6 Å². The summed E-state index contributed by atoms with van der Waals surface area (Å²) in [6, 6.07) is 4.59. The van der Waals surface area contributed by atoms with Gasteiger partial charge < -0.3 is 14.2 Å². The van der Waals surface area contributed by atoms with Crippen LogP contribution in [0.25, 0.3) is 11.0 Å². The van der Waals surface area contributed by atoms with E-state index < -0.39 is 29.1 Å². The number of benzene rings is 1. The quantitative estimate of drug-likeness (QED) is 0.771. The molecule has 0 amide bonds. The Hall–Kier alpha value is -2.77. The van der Waals surface area contributed by atoms with Crippen molar-refractivity contribution in [2.45, 2.75) is 52.7 Å². The van der Waals surface area contributed by atoms with Crippen LogP contribution < -0.4 is 10.4 Å². The fraction of sp³-hybridized carbons (Fsp3) is 0.500. The number of carbonyl (C=O) groups excluding carboxylic acids is 2. The standard InChI is InChI=1S/C18H24N2O6/c1-17(2,3)25-15(22)19-12-9-8-11(24-7)10-13(12)20(14(19)21)16(23)26-18(4,5)6/h8-10H,1-7H3. The van der Waals surface area contributed by atoms with Crippen LogP contribution in [-0.4, -0.2) is 39.6 Å². The third-order valence-corrected chi connectivity index (χ3v) is 3.20. The van der Waals surface area contributed by atoms with Crippen LogP contribution in [0.4, 0.5) is 9.59 Å². The Morgan fingerprint density at radius 1 is 0.846 bits per heavy atom. The lowest BCUT2D eigenvalue weighted by Crippen LogP contribution is -2.38. The molecule has 0 N–H and O–H groups in total. The number of aromatic nitrogens is 2. The number of imidazole rings is 1. The molecule has 0 bridgehead atoms. The van der Waals surface area contributed by atoms with Crippen LogP contribution in [0.5, 0.6) is 5.75 Å². The molecule has 0 fully saturated rings. The predicted octanol–water partition coefficient (Wildman–Crippen LogP) is 3.38. The molecule has 1 aromatic heterocycles. The number of rotatable bonds is 1. The van der Waals surface area contributed by atoms with Crippen LogP contribution in [0.3, 0.4) is 0 Å². The molecule has 1 aromatic carbocycles. The van der Waals surface area contributed by atoms with Gasteiger partial charge in [0.15, 0.2) is 0 Å². The van der Waals surface area contributed by atoms with Crippen molar-refractivity contribution < 1.29 is 23.8 Å². The van der Waals surface area contributed by atoms with Gasteiger partial charge in [-0.2, -0.15) is 9.13 Å². The lowest BCUT2D eigenvalue weighted by molar-refractivity contribution is 0.0518. The third-order valence-electron chi connectivity index (χ3n) is 3.20. The Kier molecular flexibility index (Phi) is 4.90. The monoisotopic (exact) mass is 364 g/mol. The molecule has 0 radical (unpaired) electrons. The zero-order valence-electron chi connectivity index (χ0n) is 16.1. The topological polar surface area (TPSA) is 88.8 Å². The van der Waals surface area contributed by atoms with E-state index in [4.69, 9.17) is 14.2 Å². The molecule has 0 saturated heterocycles. The van der Waals surface area contributed by atoms with Crippen LogP contribution in [0, 0.1) is 0 Å². The fourth-order valence-electron chi connectivity index (χ4n) is 2.27. The van der Waals surface area contributed by atoms with Crippen LogP contribution in [0.15, 0.2) is 23.0 Å². The number of methoxy groups -OCH3 is 1. The van der Waals surface area contributed by atoms with Crippen LogP contribution in [0.1, 0.15) is 41.5 Å². The maximum Gasteiger partial charge on any atom is 0.423 e. The summed E-state index contributed by atoms with van der Waals surface area (Å²) in [4.78, 5) is 37.9. The Bertz CT molecular complexity index is 909. The number of hydrogen-bond acceptors (Lipinski definition) is 6. The summed E-state index contributed by atoms with van der Waals surface area (Å²) in [5, 5.41) is 0. The van der Waals surface area contributed by atoms with Gasteiger partial charge in [0.25, 0.3) is 0 Å². The second-order valence-electron chi connectivity index (χ2n) is 7.77. The first-order valence-electron chi connectivity index (χ1n) is 8.12. The first-order valence-corrected chi connectivity index (χ1v) is 8.12. The first kappa shape index (κ1) is 19.6. The average Bonchev–Trinajstić information content (AvgIpc) is 2.74. The summed E-state index contributed by atoms with van der Waals surface area (Å²) in [6.07, 6.45) is -1.76. The van der Waals surface area contributed by atoms with E-state index in [0.29, 0.717) is 5.75 Å². The number of hydrogen-bond donors (Lipinski definition) is 0. The highest BCUT2D eigenvalue weighted by Gasteiger charge is 2.28. The highest BCUT2D eigenvalue weighted by Crippen LogP contribution is 2.22. The molecule has 0 saturated carbocycles. The summed E-state index contributed by atoms with van der Waals surface area (Å²) < 4.78 is 17.4. The zero-order chi connectivity index (χ0) is 19.9. The molecule has 0 aliphatic carbocycles. The molecule has 0 spiro atoms. The van der Waals surface area contributed by atoms with Crippen LogP contribution >= 0.6 is 0 Å². The minimum atomic E-state index is -0.886. The number of carbonyl (C=O) groups is 2. The highest BCUT2D eigenvalue weighted by molar-refractivity contribution is 5.93. The van der Waals surface area contributed by atoms with Gasteiger partial charge >= 0.3 is 17.9 Å². The van der Waals surface area contributed by atoms with Gasteiger partial charge in [-0.3, -0.25) is 0 Å². The Labute approximate surface area is 151 Å². The summed E-state index contributed by atoms with van der Waals surface area (Å²) >= 11 is 0. The molecule has 0 aliphatic rings. The van der Waals surface area contributed by atoms with Crippen molar-refractivity contribution in [2.24, 2.45) is 0 Å². The van der Waals surface area contributed by atoms with Gasteiger partial charge in [-0.15, -0.1) is 0 Å². The summed E-state index contributed by atoms with van der Waals surface area (Å²) in [7, 11) is 1.46. The lowest BCUT2D eigenvalue weighted by atomic mass is 10.2. The van der Waals surface area contributed by atoms with Gasteiger partial charge in [-0.25, -0.2) is 14.4 Å². The van der Waals surface area contributed by atoms with E-state index >= 15 is 0 Å².